The number of hydrogen-bond acceptors (Lipinski definition) is 2. The Morgan fingerprint density at radius 1 is 1.00 bits per heavy atom. The zero-order valence-corrected chi connectivity index (χ0v) is 18.2. The topological polar surface area (TPSA) is 32.3 Å². The molecule has 0 amide bonds. The molecule has 1 atom stereocenters. The van der Waals surface area contributed by atoms with Crippen molar-refractivity contribution in [1.29, 1.82) is 0 Å². The van der Waals surface area contributed by atoms with Gasteiger partial charge in [0.2, 0.25) is 0 Å². The Morgan fingerprint density at radius 2 is 1.76 bits per heavy atom. The Balaban J connectivity index is 1.78. The first-order valence-corrected chi connectivity index (χ1v) is 11.3. The van der Waals surface area contributed by atoms with Crippen LogP contribution in [0, 0.1) is 11.8 Å². The van der Waals surface area contributed by atoms with Gasteiger partial charge in [-0.25, -0.2) is 0 Å². The zero-order chi connectivity index (χ0) is 20.1. The standard InChI is InChI=1S/C26H28BrNO/c27-24-14-12-22(13-15-24)26(21-10-8-19(9-11-21)23-17-28-18-23)25(7-4-16-29)20-5-2-1-3-6-20/h1-3,5-6,8,10-15,19,23,28-29H,4,7,9,16-18H2/b26-25+. The van der Waals surface area contributed by atoms with Crippen molar-refractivity contribution < 1.29 is 5.11 Å². The Kier molecular flexibility index (Phi) is 6.81. The molecule has 2 N–H and O–H groups in total. The minimum atomic E-state index is 0.204. The third kappa shape index (κ3) is 4.80. The molecule has 1 heterocycles. The van der Waals surface area contributed by atoms with Crippen LogP contribution in [0.15, 0.2) is 82.9 Å². The maximum absolute atomic E-state index is 9.53. The molecule has 0 radical (unpaired) electrons. The van der Waals surface area contributed by atoms with Gasteiger partial charge in [-0.15, -0.1) is 0 Å². The molecule has 1 aliphatic heterocycles. The highest BCUT2D eigenvalue weighted by Crippen LogP contribution is 2.39. The minimum absolute atomic E-state index is 0.204. The lowest BCUT2D eigenvalue weighted by atomic mass is 9.79. The fourth-order valence-electron chi connectivity index (χ4n) is 4.23. The van der Waals surface area contributed by atoms with Crippen LogP contribution in [0.1, 0.15) is 30.4 Å². The lowest BCUT2D eigenvalue weighted by Gasteiger charge is -2.34. The molecule has 1 unspecified atom stereocenters. The largest absolute Gasteiger partial charge is 0.396 e. The SMILES string of the molecule is OCCC/C(=C(/C1=CCC(C2CNC2)C=C1)c1ccc(Br)cc1)c1ccccc1. The Bertz CT molecular complexity index is 907. The molecule has 0 aromatic heterocycles. The van der Waals surface area contributed by atoms with Gasteiger partial charge in [0.15, 0.2) is 0 Å². The van der Waals surface area contributed by atoms with Crippen molar-refractivity contribution in [1.82, 2.24) is 5.32 Å². The minimum Gasteiger partial charge on any atom is -0.396 e. The third-order valence-electron chi connectivity index (χ3n) is 5.98. The normalized spacial score (nSPS) is 20.1. The van der Waals surface area contributed by atoms with E-state index in [1.165, 1.54) is 27.8 Å². The van der Waals surface area contributed by atoms with Gasteiger partial charge in [-0.1, -0.05) is 76.6 Å². The van der Waals surface area contributed by atoms with Gasteiger partial charge in [-0.2, -0.15) is 0 Å². The fourth-order valence-corrected chi connectivity index (χ4v) is 4.49. The van der Waals surface area contributed by atoms with Crippen LogP contribution >= 0.6 is 15.9 Å². The van der Waals surface area contributed by atoms with E-state index in [-0.39, 0.29) is 6.61 Å². The number of allylic oxidation sites excluding steroid dienone is 6. The highest BCUT2D eigenvalue weighted by Gasteiger charge is 2.26. The summed E-state index contributed by atoms with van der Waals surface area (Å²) >= 11 is 3.57. The second kappa shape index (κ2) is 9.71. The molecule has 1 saturated heterocycles. The van der Waals surface area contributed by atoms with Crippen molar-refractivity contribution in [3.63, 3.8) is 0 Å². The summed E-state index contributed by atoms with van der Waals surface area (Å²) in [6, 6.07) is 19.2. The second-order valence-electron chi connectivity index (χ2n) is 7.89. The zero-order valence-electron chi connectivity index (χ0n) is 16.7. The average Bonchev–Trinajstić information content (AvgIpc) is 2.72. The molecule has 2 aliphatic rings. The number of aliphatic hydroxyl groups excluding tert-OH is 1. The van der Waals surface area contributed by atoms with E-state index in [0.717, 1.165) is 42.7 Å². The van der Waals surface area contributed by atoms with Crippen LogP contribution in [0.2, 0.25) is 0 Å². The molecule has 4 rings (SSSR count). The quantitative estimate of drug-likeness (QED) is 0.519. The molecular weight excluding hydrogens is 422 g/mol. The van der Waals surface area contributed by atoms with Gasteiger partial charge in [-0.3, -0.25) is 0 Å². The highest BCUT2D eigenvalue weighted by molar-refractivity contribution is 9.10. The molecule has 1 aliphatic carbocycles. The number of hydrogen-bond donors (Lipinski definition) is 2. The van der Waals surface area contributed by atoms with Crippen LogP contribution < -0.4 is 5.32 Å². The van der Waals surface area contributed by atoms with E-state index in [0.29, 0.717) is 5.92 Å². The third-order valence-corrected chi connectivity index (χ3v) is 6.51. The molecule has 29 heavy (non-hydrogen) atoms. The van der Waals surface area contributed by atoms with Gasteiger partial charge in [0.1, 0.15) is 0 Å². The van der Waals surface area contributed by atoms with Crippen molar-refractivity contribution in [3.8, 4) is 0 Å². The number of rotatable bonds is 7. The molecule has 3 heteroatoms. The summed E-state index contributed by atoms with van der Waals surface area (Å²) in [4.78, 5) is 0. The number of halogens is 1. The fraction of sp³-hybridized carbons (Fsp3) is 0.308. The predicted octanol–water partition coefficient (Wildman–Crippen LogP) is 5.85. The van der Waals surface area contributed by atoms with E-state index in [4.69, 9.17) is 0 Å². The number of benzene rings is 2. The lowest BCUT2D eigenvalue weighted by molar-refractivity contribution is 0.271. The average molecular weight is 450 g/mol. The Morgan fingerprint density at radius 3 is 2.34 bits per heavy atom. The summed E-state index contributed by atoms with van der Waals surface area (Å²) in [7, 11) is 0. The molecule has 2 aromatic carbocycles. The first kappa shape index (κ1) is 20.3. The van der Waals surface area contributed by atoms with Gasteiger partial charge >= 0.3 is 0 Å². The maximum Gasteiger partial charge on any atom is 0.0434 e. The van der Waals surface area contributed by atoms with Crippen molar-refractivity contribution in [3.05, 3.63) is 94.0 Å². The molecule has 2 nitrogen and oxygen atoms in total. The summed E-state index contributed by atoms with van der Waals surface area (Å²) in [5.41, 5.74) is 6.36. The van der Waals surface area contributed by atoms with E-state index in [2.05, 4.69) is 94.1 Å². The molecule has 150 valence electrons. The smallest absolute Gasteiger partial charge is 0.0434 e. The van der Waals surface area contributed by atoms with Crippen LogP contribution in [-0.2, 0) is 0 Å². The number of aliphatic hydroxyl groups is 1. The van der Waals surface area contributed by atoms with Gasteiger partial charge in [0, 0.05) is 11.1 Å². The van der Waals surface area contributed by atoms with Gasteiger partial charge < -0.3 is 10.4 Å². The first-order valence-electron chi connectivity index (χ1n) is 10.5. The van der Waals surface area contributed by atoms with Gasteiger partial charge in [0.25, 0.3) is 0 Å². The van der Waals surface area contributed by atoms with E-state index in [1.807, 2.05) is 0 Å². The van der Waals surface area contributed by atoms with Crippen molar-refractivity contribution >= 4 is 27.1 Å². The van der Waals surface area contributed by atoms with Gasteiger partial charge in [0.05, 0.1) is 0 Å². The number of nitrogens with one attached hydrogen (secondary N) is 1. The summed E-state index contributed by atoms with van der Waals surface area (Å²) < 4.78 is 1.09. The van der Waals surface area contributed by atoms with Crippen LogP contribution in [0.3, 0.4) is 0 Å². The summed E-state index contributed by atoms with van der Waals surface area (Å²) in [6.45, 7) is 2.48. The van der Waals surface area contributed by atoms with Crippen LogP contribution in [-0.4, -0.2) is 24.8 Å². The predicted molar refractivity (Wildman–Crippen MR) is 125 cm³/mol. The van der Waals surface area contributed by atoms with E-state index >= 15 is 0 Å². The monoisotopic (exact) mass is 449 g/mol. The second-order valence-corrected chi connectivity index (χ2v) is 8.81. The summed E-state index contributed by atoms with van der Waals surface area (Å²) in [5, 5.41) is 12.9. The highest BCUT2D eigenvalue weighted by atomic mass is 79.9. The van der Waals surface area contributed by atoms with E-state index in [9.17, 15) is 5.11 Å². The van der Waals surface area contributed by atoms with Crippen molar-refractivity contribution in [2.24, 2.45) is 11.8 Å². The summed E-state index contributed by atoms with van der Waals surface area (Å²) in [5.74, 6) is 1.41. The molecule has 0 saturated carbocycles. The Labute approximate surface area is 182 Å². The van der Waals surface area contributed by atoms with Crippen LogP contribution in [0.4, 0.5) is 0 Å². The van der Waals surface area contributed by atoms with E-state index in [1.54, 1.807) is 0 Å². The molecular formula is C26H28BrNO. The van der Waals surface area contributed by atoms with Gasteiger partial charge in [-0.05, 0) is 84.2 Å². The van der Waals surface area contributed by atoms with Crippen LogP contribution in [0.5, 0.6) is 0 Å². The van der Waals surface area contributed by atoms with E-state index < -0.39 is 0 Å². The lowest BCUT2D eigenvalue weighted by Crippen LogP contribution is -2.45. The van der Waals surface area contributed by atoms with Crippen molar-refractivity contribution in [2.75, 3.05) is 19.7 Å². The molecule has 0 spiro atoms. The van der Waals surface area contributed by atoms with Crippen LogP contribution in [0.25, 0.3) is 11.1 Å². The van der Waals surface area contributed by atoms with Crippen molar-refractivity contribution in [2.45, 2.75) is 19.3 Å². The first-order chi connectivity index (χ1) is 14.3. The Hall–Kier alpha value is -1.94. The summed E-state index contributed by atoms with van der Waals surface area (Å²) in [6.07, 6.45) is 9.87. The molecule has 1 fully saturated rings. The molecule has 2 aromatic rings. The maximum atomic E-state index is 9.53. The molecule has 0 bridgehead atoms.